The normalized spacial score (nSPS) is 12.5. The first-order valence-electron chi connectivity index (χ1n) is 8.22. The topological polar surface area (TPSA) is 58.2 Å². The van der Waals surface area contributed by atoms with E-state index in [2.05, 4.69) is 26.0 Å². The molecule has 136 valence electrons. The highest BCUT2D eigenvalue weighted by atomic mass is 79.9. The molecule has 0 heterocycles. The first-order valence-corrected chi connectivity index (χ1v) is 10.2. The summed E-state index contributed by atoms with van der Waals surface area (Å²) in [6.07, 6.45) is 5.79. The van der Waals surface area contributed by atoms with Gasteiger partial charge in [0.15, 0.2) is 0 Å². The molecular formula is C20H21BrN2O2S. The molecule has 4 nitrogen and oxygen atoms in total. The zero-order valence-corrected chi connectivity index (χ0v) is 16.6. The van der Waals surface area contributed by atoms with Crippen molar-refractivity contribution < 1.29 is 9.00 Å². The van der Waals surface area contributed by atoms with Crippen molar-refractivity contribution in [1.82, 2.24) is 10.0 Å². The molecule has 1 atom stereocenters. The molecule has 0 aliphatic heterocycles. The summed E-state index contributed by atoms with van der Waals surface area (Å²) in [5.41, 5.74) is 1.97. The molecule has 0 radical (unpaired) electrons. The molecule has 0 fully saturated rings. The van der Waals surface area contributed by atoms with Gasteiger partial charge in [-0.25, -0.2) is 8.93 Å². The molecule has 2 aromatic carbocycles. The summed E-state index contributed by atoms with van der Waals surface area (Å²) in [6.45, 7) is 1.08. The molecule has 0 aromatic heterocycles. The Morgan fingerprint density at radius 3 is 2.38 bits per heavy atom. The van der Waals surface area contributed by atoms with Crippen LogP contribution < -0.4 is 10.0 Å². The zero-order chi connectivity index (χ0) is 18.6. The molecule has 0 aliphatic rings. The van der Waals surface area contributed by atoms with E-state index in [9.17, 15) is 9.00 Å². The molecule has 2 aromatic rings. The lowest BCUT2D eigenvalue weighted by Crippen LogP contribution is -2.26. The van der Waals surface area contributed by atoms with Crippen molar-refractivity contribution in [2.45, 2.75) is 6.42 Å². The van der Waals surface area contributed by atoms with Gasteiger partial charge in [-0.1, -0.05) is 58.4 Å². The Hall–Kier alpha value is -2.02. The summed E-state index contributed by atoms with van der Waals surface area (Å²) in [5, 5.41) is 4.42. The van der Waals surface area contributed by atoms with Gasteiger partial charge in [-0.2, -0.15) is 0 Å². The monoisotopic (exact) mass is 432 g/mol. The largest absolute Gasteiger partial charge is 0.353 e. The lowest BCUT2D eigenvalue weighted by molar-refractivity contribution is -0.116. The second-order valence-corrected chi connectivity index (χ2v) is 7.51. The van der Waals surface area contributed by atoms with Crippen molar-refractivity contribution in [1.29, 1.82) is 0 Å². The molecule has 1 unspecified atom stereocenters. The van der Waals surface area contributed by atoms with Crippen LogP contribution in [0.25, 0.3) is 12.2 Å². The Morgan fingerprint density at radius 2 is 1.65 bits per heavy atom. The van der Waals surface area contributed by atoms with E-state index >= 15 is 0 Å². The number of hydrogen-bond donors (Lipinski definition) is 2. The minimum Gasteiger partial charge on any atom is -0.353 e. The van der Waals surface area contributed by atoms with Crippen molar-refractivity contribution in [3.63, 3.8) is 0 Å². The average molecular weight is 433 g/mol. The van der Waals surface area contributed by atoms with E-state index in [-0.39, 0.29) is 5.91 Å². The fraction of sp³-hybridized carbons (Fsp3) is 0.150. The first-order chi connectivity index (χ1) is 12.6. The average Bonchev–Trinajstić information content (AvgIpc) is 2.66. The van der Waals surface area contributed by atoms with E-state index in [1.165, 1.54) is 6.08 Å². The molecule has 6 heteroatoms. The lowest BCUT2D eigenvalue weighted by atomic mass is 10.2. The summed E-state index contributed by atoms with van der Waals surface area (Å²) in [6, 6.07) is 17.4. The van der Waals surface area contributed by atoms with Crippen LogP contribution in [0, 0.1) is 0 Å². The number of halogens is 1. The fourth-order valence-electron chi connectivity index (χ4n) is 2.03. The Balaban J connectivity index is 1.59. The quantitative estimate of drug-likeness (QED) is 0.466. The maximum Gasteiger partial charge on any atom is 0.243 e. The van der Waals surface area contributed by atoms with Gasteiger partial charge in [0.05, 0.1) is 0 Å². The molecule has 26 heavy (non-hydrogen) atoms. The van der Waals surface area contributed by atoms with E-state index in [4.69, 9.17) is 0 Å². The Kier molecular flexibility index (Phi) is 9.03. The predicted octanol–water partition coefficient (Wildman–Crippen LogP) is 3.89. The van der Waals surface area contributed by atoms with Crippen molar-refractivity contribution in [2.75, 3.05) is 13.1 Å². The summed E-state index contributed by atoms with van der Waals surface area (Å²) in [5.74, 6) is -0.141. The molecule has 0 aliphatic carbocycles. The van der Waals surface area contributed by atoms with Crippen LogP contribution in [0.1, 0.15) is 17.5 Å². The zero-order valence-electron chi connectivity index (χ0n) is 14.2. The second-order valence-electron chi connectivity index (χ2n) is 5.43. The van der Waals surface area contributed by atoms with Gasteiger partial charge >= 0.3 is 0 Å². The maximum atomic E-state index is 11.8. The summed E-state index contributed by atoms with van der Waals surface area (Å²) in [7, 11) is -1.23. The van der Waals surface area contributed by atoms with Gasteiger partial charge < -0.3 is 5.32 Å². The van der Waals surface area contributed by atoms with Gasteiger partial charge in [0, 0.05) is 29.0 Å². The maximum absolute atomic E-state index is 11.8. The highest BCUT2D eigenvalue weighted by Gasteiger charge is 1.97. The van der Waals surface area contributed by atoms with Gasteiger partial charge in [0.1, 0.15) is 11.0 Å². The number of hydrogen-bond acceptors (Lipinski definition) is 2. The Labute approximate surface area is 165 Å². The van der Waals surface area contributed by atoms with E-state index in [1.807, 2.05) is 60.7 Å². The van der Waals surface area contributed by atoms with Crippen molar-refractivity contribution in [2.24, 2.45) is 0 Å². The molecule has 2 N–H and O–H groups in total. The van der Waals surface area contributed by atoms with E-state index in [1.54, 1.807) is 11.5 Å². The molecular weight excluding hydrogens is 412 g/mol. The number of rotatable bonds is 9. The van der Waals surface area contributed by atoms with Crippen molar-refractivity contribution >= 4 is 45.0 Å². The van der Waals surface area contributed by atoms with Gasteiger partial charge in [0.25, 0.3) is 0 Å². The van der Waals surface area contributed by atoms with Gasteiger partial charge in [0.2, 0.25) is 5.91 Å². The molecule has 0 bridgehead atoms. The Bertz CT molecular complexity index is 774. The lowest BCUT2D eigenvalue weighted by Gasteiger charge is -2.03. The van der Waals surface area contributed by atoms with Crippen LogP contribution in [0.15, 0.2) is 70.6 Å². The van der Waals surface area contributed by atoms with E-state index < -0.39 is 11.0 Å². The van der Waals surface area contributed by atoms with Crippen molar-refractivity contribution in [3.05, 3.63) is 81.7 Å². The minimum atomic E-state index is -1.23. The molecule has 1 amide bonds. The standard InChI is InChI=1S/C20H21BrN2O2S/c21-19-10-7-18(8-11-19)9-12-20(24)22-14-4-15-23-26(25)16-13-17-5-2-1-3-6-17/h1-3,5-13,16,23H,4,14-15H2,(H,22,24)/b12-9+,16-13+. The van der Waals surface area contributed by atoms with Crippen LogP contribution in [-0.2, 0) is 15.8 Å². The van der Waals surface area contributed by atoms with E-state index in [0.717, 1.165) is 15.6 Å². The summed E-state index contributed by atoms with van der Waals surface area (Å²) >= 11 is 3.37. The fourth-order valence-corrected chi connectivity index (χ4v) is 3.02. The molecule has 0 saturated heterocycles. The van der Waals surface area contributed by atoms with Crippen molar-refractivity contribution in [3.8, 4) is 0 Å². The van der Waals surface area contributed by atoms with E-state index in [0.29, 0.717) is 19.5 Å². The van der Waals surface area contributed by atoms with Crippen LogP contribution in [0.3, 0.4) is 0 Å². The SMILES string of the molecule is O=C(/C=C/c1ccc(Br)cc1)NCCCNS(=O)/C=C/c1ccccc1. The highest BCUT2D eigenvalue weighted by Crippen LogP contribution is 2.11. The predicted molar refractivity (Wildman–Crippen MR) is 112 cm³/mol. The number of carbonyl (C=O) groups is 1. The van der Waals surface area contributed by atoms with Crippen LogP contribution >= 0.6 is 15.9 Å². The third-order valence-corrected chi connectivity index (χ3v) is 4.78. The second kappa shape index (κ2) is 11.6. The summed E-state index contributed by atoms with van der Waals surface area (Å²) < 4.78 is 15.7. The minimum absolute atomic E-state index is 0.141. The van der Waals surface area contributed by atoms with Gasteiger partial charge in [-0.15, -0.1) is 0 Å². The molecule has 0 spiro atoms. The molecule has 0 saturated carbocycles. The number of amides is 1. The number of nitrogens with one attached hydrogen (secondary N) is 2. The van der Waals surface area contributed by atoms with Gasteiger partial charge in [-0.3, -0.25) is 4.79 Å². The van der Waals surface area contributed by atoms with Gasteiger partial charge in [-0.05, 0) is 41.8 Å². The van der Waals surface area contributed by atoms with Crippen LogP contribution in [0.2, 0.25) is 0 Å². The van der Waals surface area contributed by atoms with Crippen LogP contribution in [0.4, 0.5) is 0 Å². The smallest absolute Gasteiger partial charge is 0.243 e. The summed E-state index contributed by atoms with van der Waals surface area (Å²) in [4.78, 5) is 11.7. The first kappa shape index (κ1) is 20.3. The third kappa shape index (κ3) is 8.38. The number of benzene rings is 2. The third-order valence-electron chi connectivity index (χ3n) is 3.38. The highest BCUT2D eigenvalue weighted by molar-refractivity contribution is 9.10. The Morgan fingerprint density at radius 1 is 0.962 bits per heavy atom. The van der Waals surface area contributed by atoms with Crippen LogP contribution in [-0.4, -0.2) is 23.2 Å². The van der Waals surface area contributed by atoms with Crippen LogP contribution in [0.5, 0.6) is 0 Å². The molecule has 2 rings (SSSR count). The number of carbonyl (C=O) groups excluding carboxylic acids is 1.